The number of nitrogens with one attached hydrogen (secondary N) is 1. The largest absolute Gasteiger partial charge is 0.364 e. The quantitative estimate of drug-likeness (QED) is 0.759. The third kappa shape index (κ3) is 3.88. The minimum atomic E-state index is 0.644. The first kappa shape index (κ1) is 16.3. The highest BCUT2D eigenvalue weighted by atomic mass is 15.3. The van der Waals surface area contributed by atoms with Crippen LogP contribution < -0.4 is 15.1 Å². The fourth-order valence-corrected chi connectivity index (χ4v) is 2.96. The van der Waals surface area contributed by atoms with Crippen molar-refractivity contribution in [2.45, 2.75) is 6.54 Å². The van der Waals surface area contributed by atoms with Crippen LogP contribution in [0.25, 0.3) is 0 Å². The number of hydrogen-bond acceptors (Lipinski definition) is 7. The molecule has 0 spiro atoms. The zero-order valence-electron chi connectivity index (χ0n) is 14.5. The Kier molecular flexibility index (Phi) is 4.86. The normalized spacial score (nSPS) is 14.3. The lowest BCUT2D eigenvalue weighted by Crippen LogP contribution is -2.47. The van der Waals surface area contributed by atoms with Gasteiger partial charge in [-0.2, -0.15) is 4.98 Å². The first-order valence-electron chi connectivity index (χ1n) is 8.76. The number of aromatic nitrogens is 4. The van der Waals surface area contributed by atoms with Crippen LogP contribution in [0.5, 0.6) is 0 Å². The molecule has 0 bridgehead atoms. The van der Waals surface area contributed by atoms with Gasteiger partial charge in [0.25, 0.3) is 0 Å². The molecule has 4 heterocycles. The summed E-state index contributed by atoms with van der Waals surface area (Å²) in [6.45, 7) is 4.21. The number of pyridine rings is 2. The number of rotatable bonds is 5. The molecule has 1 saturated heterocycles. The molecule has 1 aliphatic heterocycles. The predicted octanol–water partition coefficient (Wildman–Crippen LogP) is 2.21. The Bertz CT molecular complexity index is 818. The van der Waals surface area contributed by atoms with Crippen molar-refractivity contribution in [3.05, 3.63) is 66.7 Å². The van der Waals surface area contributed by atoms with Gasteiger partial charge in [0.05, 0.1) is 12.2 Å². The molecule has 3 aromatic heterocycles. The first-order valence-corrected chi connectivity index (χ1v) is 8.76. The molecule has 0 atom stereocenters. The molecule has 1 aliphatic rings. The maximum atomic E-state index is 4.65. The van der Waals surface area contributed by atoms with Gasteiger partial charge in [0, 0.05) is 44.8 Å². The molecular formula is C19H21N7. The Morgan fingerprint density at radius 1 is 0.769 bits per heavy atom. The highest BCUT2D eigenvalue weighted by molar-refractivity contribution is 5.45. The van der Waals surface area contributed by atoms with Crippen molar-refractivity contribution in [3.63, 3.8) is 0 Å². The lowest BCUT2D eigenvalue weighted by Gasteiger charge is -2.35. The summed E-state index contributed by atoms with van der Waals surface area (Å²) in [5, 5.41) is 3.31. The van der Waals surface area contributed by atoms with Crippen molar-refractivity contribution in [3.8, 4) is 0 Å². The van der Waals surface area contributed by atoms with Gasteiger partial charge in [-0.25, -0.2) is 9.97 Å². The average molecular weight is 347 g/mol. The number of nitrogens with zero attached hydrogens (tertiary/aromatic N) is 6. The SMILES string of the molecule is c1ccc(CNc2ccnc(N3CCN(c4ccccn4)CC3)n2)nc1. The van der Waals surface area contributed by atoms with Crippen LogP contribution >= 0.6 is 0 Å². The predicted molar refractivity (Wildman–Crippen MR) is 102 cm³/mol. The van der Waals surface area contributed by atoms with Crippen LogP contribution in [0.4, 0.5) is 17.6 Å². The van der Waals surface area contributed by atoms with E-state index in [4.69, 9.17) is 0 Å². The molecule has 0 radical (unpaired) electrons. The lowest BCUT2D eigenvalue weighted by atomic mass is 10.3. The molecule has 0 unspecified atom stereocenters. The summed E-state index contributed by atoms with van der Waals surface area (Å²) in [5.41, 5.74) is 0.983. The Hall–Kier alpha value is -3.22. The Balaban J connectivity index is 1.36. The van der Waals surface area contributed by atoms with E-state index >= 15 is 0 Å². The number of anilines is 3. The summed E-state index contributed by atoms with van der Waals surface area (Å²) in [7, 11) is 0. The zero-order valence-corrected chi connectivity index (χ0v) is 14.5. The van der Waals surface area contributed by atoms with Crippen LogP contribution in [0.2, 0.25) is 0 Å². The van der Waals surface area contributed by atoms with E-state index in [1.165, 1.54) is 0 Å². The molecule has 0 amide bonds. The highest BCUT2D eigenvalue weighted by Gasteiger charge is 2.19. The minimum Gasteiger partial charge on any atom is -0.364 e. The first-order chi connectivity index (χ1) is 12.9. The van der Waals surface area contributed by atoms with Crippen molar-refractivity contribution in [1.29, 1.82) is 0 Å². The van der Waals surface area contributed by atoms with E-state index in [0.717, 1.165) is 49.5 Å². The molecule has 3 aromatic rings. The molecular weight excluding hydrogens is 326 g/mol. The van der Waals surface area contributed by atoms with Gasteiger partial charge in [0.1, 0.15) is 11.6 Å². The second-order valence-electron chi connectivity index (χ2n) is 6.08. The van der Waals surface area contributed by atoms with Crippen LogP contribution in [0.1, 0.15) is 5.69 Å². The molecule has 1 fully saturated rings. The maximum Gasteiger partial charge on any atom is 0.227 e. The summed E-state index contributed by atoms with van der Waals surface area (Å²) in [5.74, 6) is 2.60. The smallest absolute Gasteiger partial charge is 0.227 e. The molecule has 1 N–H and O–H groups in total. The second kappa shape index (κ2) is 7.77. The van der Waals surface area contributed by atoms with Crippen LogP contribution in [0.3, 0.4) is 0 Å². The standard InChI is InChI=1S/C19H21N7/c1-3-8-20-16(5-1)15-23-17-7-10-22-19(24-17)26-13-11-25(12-14-26)18-6-2-4-9-21-18/h1-10H,11-15H2,(H,22,23,24). The lowest BCUT2D eigenvalue weighted by molar-refractivity contribution is 0.635. The maximum absolute atomic E-state index is 4.65. The van der Waals surface area contributed by atoms with Crippen molar-refractivity contribution in [2.24, 2.45) is 0 Å². The molecule has 0 aromatic carbocycles. The van der Waals surface area contributed by atoms with Gasteiger partial charge in [-0.15, -0.1) is 0 Å². The van der Waals surface area contributed by atoms with Crippen molar-refractivity contribution in [2.75, 3.05) is 41.3 Å². The van der Waals surface area contributed by atoms with Crippen LogP contribution in [0, 0.1) is 0 Å². The monoisotopic (exact) mass is 347 g/mol. The molecule has 7 nitrogen and oxygen atoms in total. The highest BCUT2D eigenvalue weighted by Crippen LogP contribution is 2.17. The van der Waals surface area contributed by atoms with Crippen LogP contribution in [0.15, 0.2) is 61.1 Å². The molecule has 7 heteroatoms. The molecule has 0 saturated carbocycles. The Morgan fingerprint density at radius 3 is 2.27 bits per heavy atom. The van der Waals surface area contributed by atoms with E-state index in [0.29, 0.717) is 6.54 Å². The fraction of sp³-hybridized carbons (Fsp3) is 0.263. The minimum absolute atomic E-state index is 0.644. The van der Waals surface area contributed by atoms with Crippen molar-refractivity contribution in [1.82, 2.24) is 19.9 Å². The topological polar surface area (TPSA) is 70.1 Å². The van der Waals surface area contributed by atoms with E-state index < -0.39 is 0 Å². The third-order valence-corrected chi connectivity index (χ3v) is 4.36. The van der Waals surface area contributed by atoms with Gasteiger partial charge in [-0.05, 0) is 30.3 Å². The fourth-order valence-electron chi connectivity index (χ4n) is 2.96. The van der Waals surface area contributed by atoms with Gasteiger partial charge < -0.3 is 15.1 Å². The molecule has 4 rings (SSSR count). The van der Waals surface area contributed by atoms with E-state index in [1.54, 1.807) is 12.4 Å². The van der Waals surface area contributed by atoms with E-state index in [-0.39, 0.29) is 0 Å². The van der Waals surface area contributed by atoms with Gasteiger partial charge in [-0.1, -0.05) is 12.1 Å². The van der Waals surface area contributed by atoms with Gasteiger partial charge >= 0.3 is 0 Å². The van der Waals surface area contributed by atoms with E-state index in [1.807, 2.05) is 48.7 Å². The summed E-state index contributed by atoms with van der Waals surface area (Å²) < 4.78 is 0. The van der Waals surface area contributed by atoms with E-state index in [9.17, 15) is 0 Å². The Morgan fingerprint density at radius 2 is 1.54 bits per heavy atom. The van der Waals surface area contributed by atoms with Gasteiger partial charge in [0.15, 0.2) is 0 Å². The third-order valence-electron chi connectivity index (χ3n) is 4.36. The second-order valence-corrected chi connectivity index (χ2v) is 6.08. The Labute approximate surface area is 152 Å². The summed E-state index contributed by atoms with van der Waals surface area (Å²) in [6, 6.07) is 13.8. The summed E-state index contributed by atoms with van der Waals surface area (Å²) in [6.07, 6.45) is 5.43. The summed E-state index contributed by atoms with van der Waals surface area (Å²) in [4.78, 5) is 22.3. The van der Waals surface area contributed by atoms with E-state index in [2.05, 4.69) is 35.1 Å². The van der Waals surface area contributed by atoms with Crippen LogP contribution in [-0.4, -0.2) is 46.1 Å². The zero-order chi connectivity index (χ0) is 17.6. The van der Waals surface area contributed by atoms with Gasteiger partial charge in [0.2, 0.25) is 5.95 Å². The molecule has 0 aliphatic carbocycles. The molecule has 26 heavy (non-hydrogen) atoms. The summed E-state index contributed by atoms with van der Waals surface area (Å²) >= 11 is 0. The van der Waals surface area contributed by atoms with Gasteiger partial charge in [-0.3, -0.25) is 4.98 Å². The van der Waals surface area contributed by atoms with Crippen LogP contribution in [-0.2, 0) is 6.54 Å². The average Bonchev–Trinajstić information content (AvgIpc) is 2.74. The number of piperazine rings is 1. The van der Waals surface area contributed by atoms with Crippen molar-refractivity contribution < 1.29 is 0 Å². The number of hydrogen-bond donors (Lipinski definition) is 1. The molecule has 132 valence electrons. The van der Waals surface area contributed by atoms with Crippen molar-refractivity contribution >= 4 is 17.6 Å².